The van der Waals surface area contributed by atoms with Gasteiger partial charge in [0.2, 0.25) is 0 Å². The summed E-state index contributed by atoms with van der Waals surface area (Å²) in [6.45, 7) is 3.64. The average molecular weight is 322 g/mol. The molecule has 0 atom stereocenters. The van der Waals surface area contributed by atoms with E-state index in [2.05, 4.69) is 16.7 Å². The van der Waals surface area contributed by atoms with Crippen molar-refractivity contribution in [1.82, 2.24) is 9.80 Å². The number of guanidine groups is 1. The largest absolute Gasteiger partial charge is 0.373 e. The molecule has 0 aromatic rings. The standard InChI is InChI=1S/C13H27N3O.BrH/c1-6-17-13(9-7-8-10-13)11-14-12(15(2)3)16(4)5;/h6-11H2,1-5H3;1H. The Morgan fingerprint density at radius 2 is 1.61 bits per heavy atom. The van der Waals surface area contributed by atoms with E-state index in [4.69, 9.17) is 9.73 Å². The Morgan fingerprint density at radius 1 is 1.11 bits per heavy atom. The molecule has 108 valence electrons. The molecule has 0 aromatic heterocycles. The summed E-state index contributed by atoms with van der Waals surface area (Å²) in [5.74, 6) is 1.01. The molecule has 0 aromatic carbocycles. The molecule has 0 radical (unpaired) electrons. The lowest BCUT2D eigenvalue weighted by molar-refractivity contribution is -0.0264. The van der Waals surface area contributed by atoms with Crippen LogP contribution < -0.4 is 0 Å². The molecule has 1 aliphatic carbocycles. The van der Waals surface area contributed by atoms with Crippen molar-refractivity contribution in [2.24, 2.45) is 4.99 Å². The van der Waals surface area contributed by atoms with Gasteiger partial charge in [-0.25, -0.2) is 4.99 Å². The Hall–Kier alpha value is -0.290. The highest BCUT2D eigenvalue weighted by molar-refractivity contribution is 8.93. The summed E-state index contributed by atoms with van der Waals surface area (Å²) in [6.07, 6.45) is 4.85. The van der Waals surface area contributed by atoms with Gasteiger partial charge in [0.25, 0.3) is 0 Å². The first-order valence-electron chi connectivity index (χ1n) is 6.54. The van der Waals surface area contributed by atoms with Crippen molar-refractivity contribution in [3.05, 3.63) is 0 Å². The van der Waals surface area contributed by atoms with Crippen molar-refractivity contribution in [3.63, 3.8) is 0 Å². The zero-order valence-corrected chi connectivity index (χ0v) is 14.1. The van der Waals surface area contributed by atoms with Crippen LogP contribution in [0.1, 0.15) is 32.6 Å². The number of hydrogen-bond donors (Lipinski definition) is 0. The van der Waals surface area contributed by atoms with E-state index in [0.29, 0.717) is 0 Å². The van der Waals surface area contributed by atoms with E-state index in [9.17, 15) is 0 Å². The Bertz CT molecular complexity index is 251. The van der Waals surface area contributed by atoms with Crippen LogP contribution in [0, 0.1) is 0 Å². The molecule has 1 aliphatic rings. The molecule has 0 saturated heterocycles. The third-order valence-corrected chi connectivity index (χ3v) is 3.27. The minimum Gasteiger partial charge on any atom is -0.373 e. The molecule has 18 heavy (non-hydrogen) atoms. The first-order valence-corrected chi connectivity index (χ1v) is 6.54. The van der Waals surface area contributed by atoms with Gasteiger partial charge < -0.3 is 14.5 Å². The average Bonchev–Trinajstić information content (AvgIpc) is 2.66. The molecule has 0 heterocycles. The van der Waals surface area contributed by atoms with Gasteiger partial charge in [0.05, 0.1) is 12.1 Å². The van der Waals surface area contributed by atoms with Crippen LogP contribution >= 0.6 is 17.0 Å². The molecular formula is C13H28BrN3O. The van der Waals surface area contributed by atoms with Crippen LogP contribution in [0.4, 0.5) is 0 Å². The van der Waals surface area contributed by atoms with Crippen molar-refractivity contribution >= 4 is 22.9 Å². The summed E-state index contributed by atoms with van der Waals surface area (Å²) >= 11 is 0. The van der Waals surface area contributed by atoms with E-state index in [0.717, 1.165) is 32.0 Å². The second-order valence-electron chi connectivity index (χ2n) is 5.23. The Labute approximate surface area is 122 Å². The molecule has 0 amide bonds. The van der Waals surface area contributed by atoms with E-state index in [1.54, 1.807) is 0 Å². The summed E-state index contributed by atoms with van der Waals surface area (Å²) in [5.41, 5.74) is 0.00597. The van der Waals surface area contributed by atoms with Crippen molar-refractivity contribution in [2.45, 2.75) is 38.2 Å². The SMILES string of the molecule is Br.CCOC1(CN=C(N(C)C)N(C)C)CCCC1. The van der Waals surface area contributed by atoms with E-state index in [-0.39, 0.29) is 22.6 Å². The predicted molar refractivity (Wildman–Crippen MR) is 82.8 cm³/mol. The van der Waals surface area contributed by atoms with Crippen molar-refractivity contribution in [1.29, 1.82) is 0 Å². The zero-order valence-electron chi connectivity index (χ0n) is 12.4. The third-order valence-electron chi connectivity index (χ3n) is 3.27. The summed E-state index contributed by atoms with van der Waals surface area (Å²) in [5, 5.41) is 0. The van der Waals surface area contributed by atoms with Gasteiger partial charge in [-0.15, -0.1) is 17.0 Å². The fourth-order valence-electron chi connectivity index (χ4n) is 2.57. The van der Waals surface area contributed by atoms with Gasteiger partial charge in [-0.1, -0.05) is 12.8 Å². The monoisotopic (exact) mass is 321 g/mol. The van der Waals surface area contributed by atoms with Gasteiger partial charge in [-0.05, 0) is 19.8 Å². The number of rotatable bonds is 4. The highest BCUT2D eigenvalue weighted by Crippen LogP contribution is 2.33. The second-order valence-corrected chi connectivity index (χ2v) is 5.23. The van der Waals surface area contributed by atoms with E-state index < -0.39 is 0 Å². The maximum Gasteiger partial charge on any atom is 0.195 e. The van der Waals surface area contributed by atoms with Crippen LogP contribution in [0.15, 0.2) is 4.99 Å². The van der Waals surface area contributed by atoms with Crippen LogP contribution in [0.2, 0.25) is 0 Å². The maximum absolute atomic E-state index is 5.96. The molecule has 4 nitrogen and oxygen atoms in total. The molecule has 0 aliphatic heterocycles. The zero-order chi connectivity index (χ0) is 12.9. The van der Waals surface area contributed by atoms with Gasteiger partial charge in [-0.3, -0.25) is 0 Å². The van der Waals surface area contributed by atoms with Crippen LogP contribution in [0.3, 0.4) is 0 Å². The Balaban J connectivity index is 0.00000289. The second kappa shape index (κ2) is 8.00. The van der Waals surface area contributed by atoms with Crippen LogP contribution in [0.25, 0.3) is 0 Å². The first kappa shape index (κ1) is 17.7. The van der Waals surface area contributed by atoms with Crippen LogP contribution in [-0.4, -0.2) is 62.7 Å². The number of nitrogens with zero attached hydrogens (tertiary/aromatic N) is 3. The highest BCUT2D eigenvalue weighted by atomic mass is 79.9. The van der Waals surface area contributed by atoms with E-state index in [1.165, 1.54) is 12.8 Å². The van der Waals surface area contributed by atoms with Gasteiger partial charge >= 0.3 is 0 Å². The molecule has 1 fully saturated rings. The Morgan fingerprint density at radius 3 is 2.00 bits per heavy atom. The molecule has 0 N–H and O–H groups in total. The molecule has 0 unspecified atom stereocenters. The first-order chi connectivity index (χ1) is 8.01. The molecular weight excluding hydrogens is 294 g/mol. The number of halogens is 1. The summed E-state index contributed by atoms with van der Waals surface area (Å²) in [6, 6.07) is 0. The lowest BCUT2D eigenvalue weighted by Gasteiger charge is -2.29. The minimum absolute atomic E-state index is 0. The smallest absolute Gasteiger partial charge is 0.195 e. The molecule has 5 heteroatoms. The van der Waals surface area contributed by atoms with E-state index >= 15 is 0 Å². The molecule has 1 saturated carbocycles. The highest BCUT2D eigenvalue weighted by Gasteiger charge is 2.34. The Kier molecular flexibility index (Phi) is 7.87. The van der Waals surface area contributed by atoms with Gasteiger partial charge in [0.1, 0.15) is 0 Å². The summed E-state index contributed by atoms with van der Waals surface area (Å²) < 4.78 is 5.96. The quantitative estimate of drug-likeness (QED) is 0.588. The molecule has 0 spiro atoms. The van der Waals surface area contributed by atoms with Crippen molar-refractivity contribution < 1.29 is 4.74 Å². The predicted octanol–water partition coefficient (Wildman–Crippen LogP) is 2.39. The minimum atomic E-state index is 0. The lowest BCUT2D eigenvalue weighted by atomic mass is 10.0. The van der Waals surface area contributed by atoms with Gasteiger partial charge in [0, 0.05) is 34.8 Å². The van der Waals surface area contributed by atoms with Gasteiger partial charge in [0.15, 0.2) is 5.96 Å². The van der Waals surface area contributed by atoms with Crippen molar-refractivity contribution in [2.75, 3.05) is 41.3 Å². The third kappa shape index (κ3) is 4.76. The molecule has 0 bridgehead atoms. The fourth-order valence-corrected chi connectivity index (χ4v) is 2.57. The van der Waals surface area contributed by atoms with Crippen LogP contribution in [0.5, 0.6) is 0 Å². The number of aliphatic imine (C=N–C) groups is 1. The normalized spacial score (nSPS) is 16.9. The van der Waals surface area contributed by atoms with Gasteiger partial charge in [-0.2, -0.15) is 0 Å². The lowest BCUT2D eigenvalue weighted by Crippen LogP contribution is -2.39. The number of hydrogen-bond acceptors (Lipinski definition) is 2. The maximum atomic E-state index is 5.96. The summed E-state index contributed by atoms with van der Waals surface area (Å²) in [7, 11) is 8.11. The van der Waals surface area contributed by atoms with Crippen LogP contribution in [-0.2, 0) is 4.74 Å². The molecule has 1 rings (SSSR count). The summed E-state index contributed by atoms with van der Waals surface area (Å²) in [4.78, 5) is 8.84. The fraction of sp³-hybridized carbons (Fsp3) is 0.923. The van der Waals surface area contributed by atoms with Crippen molar-refractivity contribution in [3.8, 4) is 0 Å². The number of ether oxygens (including phenoxy) is 1. The topological polar surface area (TPSA) is 28.1 Å². The van der Waals surface area contributed by atoms with E-state index in [1.807, 2.05) is 28.2 Å².